The van der Waals surface area contributed by atoms with Crippen LogP contribution in [0.5, 0.6) is 11.5 Å². The van der Waals surface area contributed by atoms with Crippen molar-refractivity contribution >= 4 is 28.8 Å². The minimum absolute atomic E-state index is 0.108. The van der Waals surface area contributed by atoms with Gasteiger partial charge in [-0.2, -0.15) is 5.10 Å². The number of ether oxygens (including phenoxy) is 3. The molecule has 0 saturated heterocycles. The van der Waals surface area contributed by atoms with Crippen LogP contribution in [0.2, 0.25) is 0 Å². The number of aryl methyl sites for hydroxylation is 2. The first-order chi connectivity index (χ1) is 22.7. The Bertz CT molecular complexity index is 1640. The van der Waals surface area contributed by atoms with Gasteiger partial charge in [-0.1, -0.05) is 19.1 Å². The Kier molecular flexibility index (Phi) is 10.7. The molecule has 2 aliphatic rings. The first-order valence-corrected chi connectivity index (χ1v) is 16.5. The number of amides is 3. The van der Waals surface area contributed by atoms with Crippen molar-refractivity contribution in [2.24, 2.45) is 5.92 Å². The van der Waals surface area contributed by atoms with Crippen LogP contribution in [0, 0.1) is 12.8 Å². The number of pyridine rings is 1. The van der Waals surface area contributed by atoms with Crippen LogP contribution in [0.1, 0.15) is 57.9 Å². The van der Waals surface area contributed by atoms with Gasteiger partial charge >= 0.3 is 12.0 Å². The summed E-state index contributed by atoms with van der Waals surface area (Å²) < 4.78 is 19.2. The molecular formula is C35H46N6O6. The summed E-state index contributed by atoms with van der Waals surface area (Å²) in [7, 11) is 3.34. The molecule has 3 amide bonds. The number of carbonyl (C=O) groups excluding carboxylic acids is 3. The number of nitrogens with zero attached hydrogens (tertiary/aromatic N) is 4. The second kappa shape index (κ2) is 14.9. The molecule has 0 bridgehead atoms. The molecule has 2 N–H and O–H groups in total. The van der Waals surface area contributed by atoms with Crippen LogP contribution in [0.25, 0.3) is 22.2 Å². The molecular weight excluding hydrogens is 600 g/mol. The van der Waals surface area contributed by atoms with Crippen LogP contribution < -0.4 is 20.1 Å². The molecule has 5 rings (SSSR count). The maximum Gasteiger partial charge on any atom is 0.332 e. The number of urea groups is 1. The SMILES string of the molecule is CCCn1cc(-c2cc(OCC[C@@H]3NC(=O)N(C)CCCC/C=C\[C@@H]4C[C@@]4(C(=O)OCC)NC3=O)c3ccc(OC)c(C)c3n2)cn1. The number of rotatable bonds is 10. The van der Waals surface area contributed by atoms with Crippen LogP contribution in [-0.2, 0) is 20.9 Å². The van der Waals surface area contributed by atoms with Crippen molar-refractivity contribution in [3.05, 3.63) is 48.3 Å². The third-order valence-electron chi connectivity index (χ3n) is 8.86. The maximum atomic E-state index is 13.8. The highest BCUT2D eigenvalue weighted by Gasteiger charge is 2.61. The fourth-order valence-corrected chi connectivity index (χ4v) is 6.02. The minimum Gasteiger partial charge on any atom is -0.496 e. The standard InChI is InChI=1S/C35H46N6O6/c1-6-16-41-22-24(21-36-41)28-19-30(26-13-14-29(45-5)23(3)31(26)37-28)47-18-15-27-32(42)39-35(33(43)46-7-2)20-25(35)12-10-8-9-11-17-40(4)34(44)38-27/h10,12-14,19,21-22,25,27H,6-9,11,15-18,20H2,1-5H3,(H,38,44)(H,39,42)/b12-10-/t25-,27+,35-/m1/s1. The van der Waals surface area contributed by atoms with E-state index in [9.17, 15) is 14.4 Å². The summed E-state index contributed by atoms with van der Waals surface area (Å²) in [6, 6.07) is 4.34. The molecule has 12 nitrogen and oxygen atoms in total. The molecule has 1 saturated carbocycles. The van der Waals surface area contributed by atoms with Gasteiger partial charge in [0, 0.05) is 61.3 Å². The highest BCUT2D eigenvalue weighted by molar-refractivity contribution is 5.95. The monoisotopic (exact) mass is 646 g/mol. The van der Waals surface area contributed by atoms with Gasteiger partial charge in [0.2, 0.25) is 5.91 Å². The first kappa shape index (κ1) is 33.7. The van der Waals surface area contributed by atoms with Crippen LogP contribution in [0.15, 0.2) is 42.7 Å². The van der Waals surface area contributed by atoms with E-state index in [1.807, 2.05) is 48.2 Å². The normalized spacial score (nSPS) is 22.4. The second-order valence-corrected chi connectivity index (χ2v) is 12.3. The van der Waals surface area contributed by atoms with Gasteiger partial charge in [-0.05, 0) is 58.1 Å². The summed E-state index contributed by atoms with van der Waals surface area (Å²) in [5.74, 6) is 0.214. The molecule has 0 radical (unpaired) electrons. The molecule has 1 fully saturated rings. The summed E-state index contributed by atoms with van der Waals surface area (Å²) in [6.07, 6.45) is 11.9. The van der Waals surface area contributed by atoms with Gasteiger partial charge in [-0.3, -0.25) is 9.48 Å². The molecule has 1 aliphatic heterocycles. The van der Waals surface area contributed by atoms with Gasteiger partial charge in [0.05, 0.1) is 37.7 Å². The van der Waals surface area contributed by atoms with Crippen molar-refractivity contribution < 1.29 is 28.6 Å². The molecule has 1 aliphatic carbocycles. The lowest BCUT2D eigenvalue weighted by atomic mass is 10.1. The lowest BCUT2D eigenvalue weighted by molar-refractivity contribution is -0.149. The highest BCUT2D eigenvalue weighted by Crippen LogP contribution is 2.46. The third kappa shape index (κ3) is 7.52. The van der Waals surface area contributed by atoms with E-state index in [1.54, 1.807) is 32.2 Å². The largest absolute Gasteiger partial charge is 0.496 e. The van der Waals surface area contributed by atoms with Crippen LogP contribution in [0.3, 0.4) is 0 Å². The molecule has 47 heavy (non-hydrogen) atoms. The van der Waals surface area contributed by atoms with Gasteiger partial charge in [-0.15, -0.1) is 0 Å². The number of esters is 1. The molecule has 3 atom stereocenters. The zero-order chi connectivity index (χ0) is 33.6. The number of hydrogen-bond acceptors (Lipinski definition) is 8. The van der Waals surface area contributed by atoms with Crippen molar-refractivity contribution in [3.63, 3.8) is 0 Å². The van der Waals surface area contributed by atoms with Crippen molar-refractivity contribution in [2.75, 3.05) is 33.9 Å². The number of fused-ring (bicyclic) bond motifs is 2. The van der Waals surface area contributed by atoms with E-state index in [4.69, 9.17) is 19.2 Å². The van der Waals surface area contributed by atoms with Crippen molar-refractivity contribution in [1.82, 2.24) is 30.3 Å². The summed E-state index contributed by atoms with van der Waals surface area (Å²) in [6.45, 7) is 7.46. The number of benzene rings is 1. The predicted octanol–water partition coefficient (Wildman–Crippen LogP) is 4.78. The van der Waals surface area contributed by atoms with Crippen molar-refractivity contribution in [3.8, 4) is 22.8 Å². The molecule has 3 heterocycles. The lowest BCUT2D eigenvalue weighted by Gasteiger charge is -2.26. The average molecular weight is 647 g/mol. The molecule has 2 aromatic heterocycles. The average Bonchev–Trinajstić information content (AvgIpc) is 3.55. The number of methoxy groups -OCH3 is 1. The van der Waals surface area contributed by atoms with E-state index in [0.717, 1.165) is 54.3 Å². The van der Waals surface area contributed by atoms with E-state index < -0.39 is 23.5 Å². The number of nitrogens with one attached hydrogen (secondary N) is 2. The number of allylic oxidation sites excluding steroid dienone is 1. The summed E-state index contributed by atoms with van der Waals surface area (Å²) in [5.41, 5.74) is 2.01. The van der Waals surface area contributed by atoms with E-state index in [2.05, 4.69) is 22.7 Å². The number of carbonyl (C=O) groups is 3. The van der Waals surface area contributed by atoms with Crippen molar-refractivity contribution in [1.29, 1.82) is 0 Å². The Balaban J connectivity index is 1.41. The molecule has 0 unspecified atom stereocenters. The van der Waals surface area contributed by atoms with E-state index in [-0.39, 0.29) is 31.6 Å². The van der Waals surface area contributed by atoms with Crippen LogP contribution in [0.4, 0.5) is 4.79 Å². The summed E-state index contributed by atoms with van der Waals surface area (Å²) in [5, 5.41) is 11.1. The first-order valence-electron chi connectivity index (χ1n) is 16.5. The minimum atomic E-state index is -1.14. The quantitative estimate of drug-likeness (QED) is 0.237. The second-order valence-electron chi connectivity index (χ2n) is 12.3. The molecule has 0 spiro atoms. The van der Waals surface area contributed by atoms with Gasteiger partial charge in [0.25, 0.3) is 0 Å². The Morgan fingerprint density at radius 1 is 1.17 bits per heavy atom. The zero-order valence-corrected chi connectivity index (χ0v) is 28.0. The van der Waals surface area contributed by atoms with E-state index in [1.165, 1.54) is 0 Å². The topological polar surface area (TPSA) is 137 Å². The number of aromatic nitrogens is 3. The van der Waals surface area contributed by atoms with E-state index >= 15 is 0 Å². The van der Waals surface area contributed by atoms with Crippen molar-refractivity contribution in [2.45, 2.75) is 77.4 Å². The Hall–Kier alpha value is -4.61. The Labute approximate surface area is 275 Å². The molecule has 1 aromatic carbocycles. The fraction of sp³-hybridized carbons (Fsp3) is 0.514. The van der Waals surface area contributed by atoms with Crippen LogP contribution >= 0.6 is 0 Å². The summed E-state index contributed by atoms with van der Waals surface area (Å²) >= 11 is 0. The predicted molar refractivity (Wildman–Crippen MR) is 178 cm³/mol. The fourth-order valence-electron chi connectivity index (χ4n) is 6.02. The maximum absolute atomic E-state index is 13.8. The lowest BCUT2D eigenvalue weighted by Crippen LogP contribution is -2.56. The molecule has 252 valence electrons. The Morgan fingerprint density at radius 2 is 2.00 bits per heavy atom. The van der Waals surface area contributed by atoms with Gasteiger partial charge in [-0.25, -0.2) is 14.6 Å². The highest BCUT2D eigenvalue weighted by atomic mass is 16.5. The third-order valence-corrected chi connectivity index (χ3v) is 8.86. The summed E-state index contributed by atoms with van der Waals surface area (Å²) in [4.78, 5) is 46.5. The smallest absolute Gasteiger partial charge is 0.332 e. The van der Waals surface area contributed by atoms with Crippen LogP contribution in [-0.4, -0.2) is 83.1 Å². The van der Waals surface area contributed by atoms with Gasteiger partial charge in [0.15, 0.2) is 0 Å². The van der Waals surface area contributed by atoms with Gasteiger partial charge < -0.3 is 29.7 Å². The number of hydrogen-bond donors (Lipinski definition) is 2. The Morgan fingerprint density at radius 3 is 2.77 bits per heavy atom. The van der Waals surface area contributed by atoms with E-state index in [0.29, 0.717) is 30.2 Å². The molecule has 12 heteroatoms. The molecule has 3 aromatic rings. The zero-order valence-electron chi connectivity index (χ0n) is 28.0. The van der Waals surface area contributed by atoms with Gasteiger partial charge in [0.1, 0.15) is 23.1 Å².